The minimum Gasteiger partial charge on any atom is -0.493 e. The summed E-state index contributed by atoms with van der Waals surface area (Å²) in [6.45, 7) is 8.15. The van der Waals surface area contributed by atoms with E-state index >= 15 is 0 Å². The van der Waals surface area contributed by atoms with E-state index in [-0.39, 0.29) is 28.6 Å². The number of carbonyl (C=O) groups excluding carboxylic acids is 1. The molecule has 4 fully saturated rings. The van der Waals surface area contributed by atoms with Gasteiger partial charge in [0.1, 0.15) is 17.5 Å². The molecule has 2 spiro atoms. The van der Waals surface area contributed by atoms with Crippen LogP contribution in [0.4, 0.5) is 0 Å². The van der Waals surface area contributed by atoms with E-state index in [9.17, 15) is 4.79 Å². The first kappa shape index (κ1) is 20.7. The number of carbonyl (C=O) groups is 1. The maximum Gasteiger partial charge on any atom is 0.165 e. The molecule has 32 heavy (non-hydrogen) atoms. The van der Waals surface area contributed by atoms with E-state index in [1.165, 1.54) is 16.7 Å². The lowest BCUT2D eigenvalue weighted by Gasteiger charge is -2.73. The Labute approximate surface area is 191 Å². The summed E-state index contributed by atoms with van der Waals surface area (Å²) in [5.74, 6) is 1.86. The van der Waals surface area contributed by atoms with Crippen LogP contribution in [0, 0.1) is 11.3 Å². The third-order valence-electron chi connectivity index (χ3n) is 9.90. The number of rotatable bonds is 5. The Morgan fingerprint density at radius 2 is 2.03 bits per heavy atom. The molecule has 5 nitrogen and oxygen atoms in total. The van der Waals surface area contributed by atoms with Gasteiger partial charge in [-0.05, 0) is 71.0 Å². The smallest absolute Gasteiger partial charge is 0.165 e. The second-order valence-electron chi connectivity index (χ2n) is 11.0. The molecule has 1 aromatic carbocycles. The minimum absolute atomic E-state index is 0.0344. The van der Waals surface area contributed by atoms with Gasteiger partial charge < -0.3 is 14.2 Å². The molecule has 0 amide bonds. The highest BCUT2D eigenvalue weighted by atomic mass is 16.6. The lowest BCUT2D eigenvalue weighted by molar-refractivity contribution is -0.271. The predicted octanol–water partition coefficient (Wildman–Crippen LogP) is 4.06. The maximum atomic E-state index is 13.0. The summed E-state index contributed by atoms with van der Waals surface area (Å²) in [4.78, 5) is 15.7. The highest BCUT2D eigenvalue weighted by Crippen LogP contribution is 2.76. The predicted molar refractivity (Wildman–Crippen MR) is 122 cm³/mol. The molecule has 4 bridgehead atoms. The van der Waals surface area contributed by atoms with E-state index in [2.05, 4.69) is 37.0 Å². The summed E-state index contributed by atoms with van der Waals surface area (Å²) in [7, 11) is 3.52. The number of hydrogen-bond acceptors (Lipinski definition) is 5. The van der Waals surface area contributed by atoms with E-state index in [4.69, 9.17) is 14.2 Å². The van der Waals surface area contributed by atoms with Gasteiger partial charge in [0.25, 0.3) is 0 Å². The van der Waals surface area contributed by atoms with Crippen molar-refractivity contribution in [2.45, 2.75) is 76.0 Å². The fourth-order valence-electron chi connectivity index (χ4n) is 8.69. The Morgan fingerprint density at radius 1 is 1.22 bits per heavy atom. The van der Waals surface area contributed by atoms with Crippen LogP contribution in [0.3, 0.4) is 0 Å². The Hall–Kier alpha value is -1.85. The van der Waals surface area contributed by atoms with Crippen LogP contribution >= 0.6 is 0 Å². The zero-order valence-electron chi connectivity index (χ0n) is 20.0. The Bertz CT molecular complexity index is 1030. The summed E-state index contributed by atoms with van der Waals surface area (Å²) in [5.41, 5.74) is 3.52. The molecule has 2 aliphatic heterocycles. The molecule has 6 aliphatic rings. The largest absolute Gasteiger partial charge is 0.493 e. The van der Waals surface area contributed by atoms with Crippen LogP contribution in [0.5, 0.6) is 11.5 Å². The fourth-order valence-corrected chi connectivity index (χ4v) is 8.69. The van der Waals surface area contributed by atoms with Crippen LogP contribution in [0.25, 0.3) is 0 Å². The number of methoxy groups -OCH3 is 2. The van der Waals surface area contributed by atoms with Crippen molar-refractivity contribution in [2.75, 3.05) is 27.3 Å². The summed E-state index contributed by atoms with van der Waals surface area (Å²) in [5, 5.41) is 0. The highest BCUT2D eigenvalue weighted by Gasteiger charge is 2.81. The molecule has 0 N–H and O–H groups in total. The number of benzene rings is 1. The molecular weight excluding hydrogens is 402 g/mol. The second kappa shape index (κ2) is 6.60. The van der Waals surface area contributed by atoms with Gasteiger partial charge in [-0.15, -0.1) is 0 Å². The fraction of sp³-hybridized carbons (Fsp3) is 0.667. The first-order chi connectivity index (χ1) is 15.3. The molecule has 4 aliphatic carbocycles. The zero-order chi connectivity index (χ0) is 22.5. The second-order valence-corrected chi connectivity index (χ2v) is 11.0. The number of hydrogen-bond donors (Lipinski definition) is 0. The van der Waals surface area contributed by atoms with E-state index < -0.39 is 5.60 Å². The van der Waals surface area contributed by atoms with E-state index in [1.54, 1.807) is 21.1 Å². The molecular formula is C27H35NO4. The van der Waals surface area contributed by atoms with Gasteiger partial charge in [0, 0.05) is 36.1 Å². The molecule has 5 heteroatoms. The summed E-state index contributed by atoms with van der Waals surface area (Å²) in [6.07, 6.45) is 7.19. The molecule has 0 radical (unpaired) electrons. The topological polar surface area (TPSA) is 48.0 Å². The Morgan fingerprint density at radius 3 is 2.72 bits per heavy atom. The highest BCUT2D eigenvalue weighted by molar-refractivity contribution is 5.81. The summed E-state index contributed by atoms with van der Waals surface area (Å²) in [6, 6.07) is 4.75. The number of ether oxygens (including phenoxy) is 3. The normalized spacial score (nSPS) is 40.5. The van der Waals surface area contributed by atoms with Crippen molar-refractivity contribution in [2.24, 2.45) is 11.3 Å². The number of Topliss-reactive ketones (excluding diaryl/α,β-unsaturated/α-hetero) is 1. The first-order valence-corrected chi connectivity index (χ1v) is 12.1. The quantitative estimate of drug-likeness (QED) is 0.650. The molecule has 1 aromatic rings. The van der Waals surface area contributed by atoms with Gasteiger partial charge >= 0.3 is 0 Å². The molecule has 6 atom stereocenters. The third-order valence-corrected chi connectivity index (χ3v) is 9.90. The van der Waals surface area contributed by atoms with Gasteiger partial charge in [0.2, 0.25) is 0 Å². The van der Waals surface area contributed by atoms with Crippen molar-refractivity contribution in [3.63, 3.8) is 0 Å². The monoisotopic (exact) mass is 437 g/mol. The van der Waals surface area contributed by atoms with Crippen LogP contribution in [-0.2, 0) is 21.4 Å². The van der Waals surface area contributed by atoms with Crippen molar-refractivity contribution >= 4 is 5.78 Å². The minimum atomic E-state index is -0.557. The number of likely N-dealkylation sites (tertiary alicyclic amines) is 1. The van der Waals surface area contributed by atoms with Gasteiger partial charge in [-0.25, -0.2) is 0 Å². The summed E-state index contributed by atoms with van der Waals surface area (Å²) < 4.78 is 19.0. The number of piperidine rings is 1. The van der Waals surface area contributed by atoms with Gasteiger partial charge in [-0.1, -0.05) is 17.7 Å². The lowest BCUT2D eigenvalue weighted by atomic mass is 9.34. The van der Waals surface area contributed by atoms with Crippen LogP contribution in [0.15, 0.2) is 23.8 Å². The molecule has 7 rings (SSSR count). The first-order valence-electron chi connectivity index (χ1n) is 12.1. The maximum absolute atomic E-state index is 13.0. The zero-order valence-corrected chi connectivity index (χ0v) is 20.0. The molecule has 172 valence electrons. The van der Waals surface area contributed by atoms with Crippen LogP contribution in [0.1, 0.15) is 57.6 Å². The average Bonchev–Trinajstić information content (AvgIpc) is 3.14. The standard InChI is InChI=1S/C27H35NO4/c1-16(2)8-12-28-13-11-26-22-18-6-7-20(30-4)23(22)32-24(26)27(31-5)10-9-25(26,21(28)14-18)15-19(27)17(3)29/h6-8,19,21,24H,9-15H2,1-5H3/t19-,21-,24-,25-,26+,27-/m1/s1. The molecule has 0 unspecified atom stereocenters. The average molecular weight is 438 g/mol. The van der Waals surface area contributed by atoms with E-state index in [1.807, 2.05) is 0 Å². The SMILES string of the molecule is COc1ccc2c3c1O[C@H]1[C@@]4(OC)CC[C@@]5(C[C@@H]4C(C)=O)[C@@H](C2)N(CC=C(C)C)CC[C@]315. The molecule has 2 heterocycles. The third kappa shape index (κ3) is 2.15. The van der Waals surface area contributed by atoms with Crippen molar-refractivity contribution < 1.29 is 19.0 Å². The van der Waals surface area contributed by atoms with Gasteiger partial charge in [0.05, 0.1) is 13.0 Å². The van der Waals surface area contributed by atoms with Crippen LogP contribution < -0.4 is 9.47 Å². The number of ketones is 1. The van der Waals surface area contributed by atoms with Gasteiger partial charge in [-0.2, -0.15) is 0 Å². The molecule has 1 saturated heterocycles. The Balaban J connectivity index is 1.61. The Kier molecular flexibility index (Phi) is 4.28. The van der Waals surface area contributed by atoms with Crippen LogP contribution in [0.2, 0.25) is 0 Å². The van der Waals surface area contributed by atoms with E-state index in [0.29, 0.717) is 6.04 Å². The molecule has 3 saturated carbocycles. The lowest BCUT2D eigenvalue weighted by Crippen LogP contribution is -2.81. The van der Waals surface area contributed by atoms with Crippen molar-refractivity contribution in [3.05, 3.63) is 34.9 Å². The molecule has 0 aromatic heterocycles. The van der Waals surface area contributed by atoms with Crippen molar-refractivity contribution in [3.8, 4) is 11.5 Å². The number of nitrogens with zero attached hydrogens (tertiary/aromatic N) is 1. The van der Waals surface area contributed by atoms with E-state index in [0.717, 1.165) is 56.7 Å². The van der Waals surface area contributed by atoms with Gasteiger partial charge in [0.15, 0.2) is 11.5 Å². The van der Waals surface area contributed by atoms with Crippen molar-refractivity contribution in [1.29, 1.82) is 0 Å². The van der Waals surface area contributed by atoms with Crippen LogP contribution in [-0.4, -0.2) is 55.7 Å². The van der Waals surface area contributed by atoms with Crippen molar-refractivity contribution in [1.82, 2.24) is 4.90 Å². The number of fused-ring (bicyclic) bond motifs is 2. The number of allylic oxidation sites excluding steroid dienone is 1. The van der Waals surface area contributed by atoms with Gasteiger partial charge in [-0.3, -0.25) is 9.69 Å². The summed E-state index contributed by atoms with van der Waals surface area (Å²) >= 11 is 0.